The predicted octanol–water partition coefficient (Wildman–Crippen LogP) is 25.1. The zero-order chi connectivity index (χ0) is 70.9. The number of anilines is 3. The van der Waals surface area contributed by atoms with E-state index in [9.17, 15) is 0 Å². The van der Waals surface area contributed by atoms with Crippen molar-refractivity contribution < 1.29 is 9.59 Å². The number of fused-ring (bicyclic) bond motifs is 1. The number of benzene rings is 5. The highest BCUT2D eigenvalue weighted by Gasteiger charge is 2.49. The quantitative estimate of drug-likeness (QED) is 0.0219. The summed E-state index contributed by atoms with van der Waals surface area (Å²) in [6.07, 6.45) is 33.0. The number of nitrogens with zero attached hydrogens (tertiary/aromatic N) is 4. The first-order chi connectivity index (χ1) is 49.2. The SMILES string of the molecule is CCCCCCCCc1ccc(N(c2ccc(CCCCCCCC)cc2)c2ccc(-c3ccc(C4=C5C(=O)N(CCCCCCCC)C(c6ccc(-c7cc(B(c8c(C)cc(C)cc8C)c8c(C)cc(C)cc8C)c(-c8ncc(I)s8)s7)s6)=C5C(=O)N4CCCCCCCC)s3)cc2)cc1. The summed E-state index contributed by atoms with van der Waals surface area (Å²) in [6.45, 7) is 23.7. The Balaban J connectivity index is 0.966. The van der Waals surface area contributed by atoms with E-state index in [-0.39, 0.29) is 18.5 Å². The van der Waals surface area contributed by atoms with E-state index in [1.807, 2.05) is 27.3 Å². The van der Waals surface area contributed by atoms with Gasteiger partial charge in [0.15, 0.2) is 0 Å². The fraction of sp³-hybridized carbons (Fsp3) is 0.427. The molecular weight excluding hydrogens is 1420 g/mol. The summed E-state index contributed by atoms with van der Waals surface area (Å²) in [5, 5.41) is 1.03. The van der Waals surface area contributed by atoms with Crippen LogP contribution in [0.15, 0.2) is 145 Å². The number of amides is 2. The third kappa shape index (κ3) is 18.5. The molecule has 2 aliphatic heterocycles. The van der Waals surface area contributed by atoms with Gasteiger partial charge in [-0.2, -0.15) is 0 Å². The number of aryl methyl sites for hydroxylation is 8. The fourth-order valence-corrected chi connectivity index (χ4v) is 20.7. The first kappa shape index (κ1) is 76.0. The molecule has 0 spiro atoms. The van der Waals surface area contributed by atoms with Crippen LogP contribution in [-0.4, -0.2) is 46.4 Å². The van der Waals surface area contributed by atoms with Crippen molar-refractivity contribution in [3.8, 4) is 30.1 Å². The molecular formula is C89H108BIN4O2S4. The number of carbonyl (C=O) groups is 2. The van der Waals surface area contributed by atoms with E-state index < -0.39 is 0 Å². The zero-order valence-electron chi connectivity index (χ0n) is 62.2. The molecule has 6 heterocycles. The van der Waals surface area contributed by atoms with Gasteiger partial charge in [0, 0.05) is 44.8 Å². The molecule has 4 aromatic heterocycles. The van der Waals surface area contributed by atoms with Gasteiger partial charge in [-0.25, -0.2) is 4.98 Å². The Morgan fingerprint density at radius 2 is 0.782 bits per heavy atom. The molecule has 6 nitrogen and oxygen atoms in total. The Labute approximate surface area is 636 Å². The maximum absolute atomic E-state index is 15.9. The minimum Gasteiger partial charge on any atom is -0.311 e. The average molecular weight is 1530 g/mol. The molecule has 0 radical (unpaired) electrons. The van der Waals surface area contributed by atoms with Crippen molar-refractivity contribution in [1.29, 1.82) is 0 Å². The van der Waals surface area contributed by atoms with E-state index in [0.717, 1.165) is 118 Å². The Hall–Kier alpha value is -6.16. The highest BCUT2D eigenvalue weighted by atomic mass is 127. The number of rotatable bonds is 39. The van der Waals surface area contributed by atoms with Crippen molar-refractivity contribution in [2.45, 2.75) is 236 Å². The molecule has 2 amide bonds. The second kappa shape index (κ2) is 37.0. The highest BCUT2D eigenvalue weighted by molar-refractivity contribution is 14.1. The van der Waals surface area contributed by atoms with E-state index >= 15 is 9.59 Å². The summed E-state index contributed by atoms with van der Waals surface area (Å²) in [5.41, 5.74) is 21.7. The van der Waals surface area contributed by atoms with Gasteiger partial charge < -0.3 is 14.7 Å². The second-order valence-electron chi connectivity index (χ2n) is 28.9. The molecule has 2 aliphatic rings. The first-order valence-corrected chi connectivity index (χ1v) is 42.9. The van der Waals surface area contributed by atoms with Gasteiger partial charge >= 0.3 is 0 Å². The van der Waals surface area contributed by atoms with E-state index in [1.165, 1.54) is 181 Å². The minimum atomic E-state index is -0.0489. The van der Waals surface area contributed by atoms with Crippen LogP contribution in [-0.2, 0) is 22.4 Å². The molecule has 0 saturated heterocycles. The lowest BCUT2D eigenvalue weighted by Gasteiger charge is -2.26. The summed E-state index contributed by atoms with van der Waals surface area (Å²) >= 11 is 9.41. The second-order valence-corrected chi connectivity index (χ2v) is 35.0. The number of thiophene rings is 3. The molecule has 0 aliphatic carbocycles. The Kier molecular flexibility index (Phi) is 27.8. The molecule has 9 aromatic rings. The third-order valence-electron chi connectivity index (χ3n) is 20.8. The van der Waals surface area contributed by atoms with Crippen LogP contribution in [0.3, 0.4) is 0 Å². The van der Waals surface area contributed by atoms with Gasteiger partial charge in [-0.1, -0.05) is 261 Å². The number of aromatic nitrogens is 1. The first-order valence-electron chi connectivity index (χ1n) is 38.5. The smallest absolute Gasteiger partial charge is 0.261 e. The highest BCUT2D eigenvalue weighted by Crippen LogP contribution is 2.51. The van der Waals surface area contributed by atoms with Crippen molar-refractivity contribution in [2.75, 3.05) is 18.0 Å². The number of thiazole rings is 1. The standard InChI is InChI=1S/C89H108BIN4O2S4/c1-11-15-19-23-27-31-35-67-37-43-70(44-38-67)95(71-45-39-68(40-46-71)36-32-28-24-20-16-12-2)72-47-41-69(42-48-72)74-49-51-76(98-74)84-80-81(89(97)93(84)53-33-29-25-21-17-13-3)85(94(88(80)96)54-34-30-26-22-18-14-4)77-52-50-75(99-77)78-59-73(86(100-78)87-92-60-79(91)101-87)90(82-63(7)55-61(5)56-64(82)8)83-65(9)57-62(6)58-66(83)10/h37-52,55-60H,11-36,53-54H2,1-10H3. The summed E-state index contributed by atoms with van der Waals surface area (Å²) in [5.74, 6) is -0.0978. The summed E-state index contributed by atoms with van der Waals surface area (Å²) in [4.78, 5) is 49.9. The molecule has 11 rings (SSSR count). The maximum atomic E-state index is 15.9. The minimum absolute atomic E-state index is 0.0367. The van der Waals surface area contributed by atoms with E-state index in [0.29, 0.717) is 24.2 Å². The van der Waals surface area contributed by atoms with Crippen molar-refractivity contribution in [3.63, 3.8) is 0 Å². The topological polar surface area (TPSA) is 56.8 Å². The Morgan fingerprint density at radius 1 is 0.406 bits per heavy atom. The number of carbonyl (C=O) groups excluding carboxylic acids is 2. The van der Waals surface area contributed by atoms with Crippen molar-refractivity contribution in [1.82, 2.24) is 14.8 Å². The molecule has 0 unspecified atom stereocenters. The van der Waals surface area contributed by atoms with E-state index in [2.05, 4.69) is 224 Å². The molecule has 530 valence electrons. The molecule has 12 heteroatoms. The van der Waals surface area contributed by atoms with Crippen LogP contribution in [0.1, 0.15) is 236 Å². The Bertz CT molecular complexity index is 4140. The van der Waals surface area contributed by atoms with Gasteiger partial charge in [0.1, 0.15) is 5.01 Å². The Morgan fingerprint density at radius 3 is 1.20 bits per heavy atom. The van der Waals surface area contributed by atoms with Gasteiger partial charge in [-0.05, 0) is 192 Å². The predicted molar refractivity (Wildman–Crippen MR) is 450 cm³/mol. The van der Waals surface area contributed by atoms with Crippen molar-refractivity contribution in [3.05, 3.63) is 202 Å². The van der Waals surface area contributed by atoms with Crippen molar-refractivity contribution >= 4 is 131 Å². The van der Waals surface area contributed by atoms with Crippen LogP contribution in [0.25, 0.3) is 41.5 Å². The third-order valence-corrected chi connectivity index (χ3v) is 26.3. The molecule has 0 atom stereocenters. The van der Waals surface area contributed by atoms with Gasteiger partial charge in [0.05, 0.1) is 46.3 Å². The lowest BCUT2D eigenvalue weighted by molar-refractivity contribution is -0.124. The molecule has 101 heavy (non-hydrogen) atoms. The van der Waals surface area contributed by atoms with Gasteiger partial charge in [-0.15, -0.1) is 45.3 Å². The van der Waals surface area contributed by atoms with Gasteiger partial charge in [0.2, 0.25) is 6.71 Å². The van der Waals surface area contributed by atoms with Crippen LogP contribution < -0.4 is 21.3 Å². The number of unbranched alkanes of at least 4 members (excludes halogenated alkanes) is 20. The van der Waals surface area contributed by atoms with E-state index in [4.69, 9.17) is 4.98 Å². The fourth-order valence-electron chi connectivity index (χ4n) is 15.7. The summed E-state index contributed by atoms with van der Waals surface area (Å²) in [7, 11) is 0. The normalized spacial score (nSPS) is 13.1. The molecule has 0 saturated carbocycles. The van der Waals surface area contributed by atoms with Gasteiger partial charge in [0.25, 0.3) is 11.8 Å². The molecule has 0 N–H and O–H groups in total. The average Bonchev–Trinajstić information content (AvgIpc) is 1.56. The van der Waals surface area contributed by atoms with Crippen molar-refractivity contribution in [2.24, 2.45) is 0 Å². The molecule has 0 fully saturated rings. The lowest BCUT2D eigenvalue weighted by atomic mass is 9.34. The summed E-state index contributed by atoms with van der Waals surface area (Å²) < 4.78 is 1.15. The molecule has 5 aromatic carbocycles. The van der Waals surface area contributed by atoms with Crippen LogP contribution >= 0.6 is 67.9 Å². The summed E-state index contributed by atoms with van der Waals surface area (Å²) in [6, 6.07) is 48.3. The van der Waals surface area contributed by atoms with E-state index in [1.54, 1.807) is 34.0 Å². The van der Waals surface area contributed by atoms with Gasteiger partial charge in [-0.3, -0.25) is 9.59 Å². The number of halogens is 1. The number of hydrogen-bond donors (Lipinski definition) is 0. The lowest BCUT2D eigenvalue weighted by Crippen LogP contribution is -2.56. The maximum Gasteiger partial charge on any atom is 0.261 e. The van der Waals surface area contributed by atoms with Crippen LogP contribution in [0, 0.1) is 44.4 Å². The van der Waals surface area contributed by atoms with Crippen LogP contribution in [0.2, 0.25) is 0 Å². The monoisotopic (exact) mass is 1530 g/mol. The molecule has 0 bridgehead atoms. The zero-order valence-corrected chi connectivity index (χ0v) is 67.6. The van der Waals surface area contributed by atoms with Crippen LogP contribution in [0.4, 0.5) is 17.1 Å². The van der Waals surface area contributed by atoms with Crippen LogP contribution in [0.5, 0.6) is 0 Å². The largest absolute Gasteiger partial charge is 0.311 e. The number of hydrogen-bond acceptors (Lipinski definition) is 8.